The van der Waals surface area contributed by atoms with Crippen molar-refractivity contribution in [2.75, 3.05) is 0 Å². The molecular formula is C9H11N3O. The zero-order valence-corrected chi connectivity index (χ0v) is 7.74. The Labute approximate surface area is 76.0 Å². The third-order valence-corrected chi connectivity index (χ3v) is 2.01. The molecule has 2 rings (SSSR count). The molecule has 0 unspecified atom stereocenters. The van der Waals surface area contributed by atoms with E-state index in [1.54, 1.807) is 6.20 Å². The number of nitrogens with zero attached hydrogens (tertiary/aromatic N) is 3. The average molecular weight is 177 g/mol. The van der Waals surface area contributed by atoms with Gasteiger partial charge in [-0.1, -0.05) is 19.0 Å². The summed E-state index contributed by atoms with van der Waals surface area (Å²) in [5.74, 6) is 0.820. The van der Waals surface area contributed by atoms with Crippen molar-refractivity contribution in [3.8, 4) is 0 Å². The van der Waals surface area contributed by atoms with Gasteiger partial charge in [0.05, 0.1) is 17.3 Å². The molecule has 0 atom stereocenters. The maximum Gasteiger partial charge on any atom is 0.261 e. The third-order valence-electron chi connectivity index (χ3n) is 2.01. The van der Waals surface area contributed by atoms with Crippen LogP contribution in [0.3, 0.4) is 0 Å². The van der Waals surface area contributed by atoms with Crippen molar-refractivity contribution in [3.63, 3.8) is 0 Å². The zero-order chi connectivity index (χ0) is 9.26. The lowest BCUT2D eigenvalue weighted by atomic mass is 10.2. The summed E-state index contributed by atoms with van der Waals surface area (Å²) in [6, 6.07) is 0. The van der Waals surface area contributed by atoms with E-state index in [-0.39, 0.29) is 0 Å². The van der Waals surface area contributed by atoms with E-state index in [0.717, 1.165) is 29.7 Å². The molecule has 13 heavy (non-hydrogen) atoms. The molecule has 0 aromatic carbocycles. The van der Waals surface area contributed by atoms with Crippen molar-refractivity contribution >= 4 is 11.1 Å². The van der Waals surface area contributed by atoms with Gasteiger partial charge in [-0.3, -0.25) is 0 Å². The fourth-order valence-corrected chi connectivity index (χ4v) is 1.30. The lowest BCUT2D eigenvalue weighted by molar-refractivity contribution is 0.447. The van der Waals surface area contributed by atoms with Crippen molar-refractivity contribution in [1.82, 2.24) is 15.1 Å². The molecule has 0 saturated carbocycles. The molecule has 0 fully saturated rings. The van der Waals surface area contributed by atoms with Crippen molar-refractivity contribution in [3.05, 3.63) is 17.7 Å². The SMILES string of the molecule is CCc1nc(CC)c2cnoc2n1. The first-order valence-corrected chi connectivity index (χ1v) is 4.45. The predicted molar refractivity (Wildman–Crippen MR) is 48.4 cm³/mol. The molecular weight excluding hydrogens is 166 g/mol. The number of aromatic nitrogens is 3. The number of hydrogen-bond acceptors (Lipinski definition) is 4. The maximum atomic E-state index is 5.00. The molecule has 4 nitrogen and oxygen atoms in total. The highest BCUT2D eigenvalue weighted by atomic mass is 16.5. The van der Waals surface area contributed by atoms with Crippen LogP contribution >= 0.6 is 0 Å². The topological polar surface area (TPSA) is 51.8 Å². The van der Waals surface area contributed by atoms with Crippen LogP contribution in [0.25, 0.3) is 11.1 Å². The quantitative estimate of drug-likeness (QED) is 0.701. The molecule has 2 aromatic rings. The normalized spacial score (nSPS) is 10.9. The first-order chi connectivity index (χ1) is 6.35. The molecule has 0 amide bonds. The molecule has 0 aliphatic carbocycles. The Bertz CT molecular complexity index is 422. The number of aryl methyl sites for hydroxylation is 2. The van der Waals surface area contributed by atoms with Gasteiger partial charge in [0.25, 0.3) is 5.71 Å². The second-order valence-corrected chi connectivity index (χ2v) is 2.84. The van der Waals surface area contributed by atoms with E-state index in [0.29, 0.717) is 5.71 Å². The van der Waals surface area contributed by atoms with Crippen LogP contribution in [-0.2, 0) is 12.8 Å². The molecule has 0 saturated heterocycles. The minimum Gasteiger partial charge on any atom is -0.336 e. The van der Waals surface area contributed by atoms with Gasteiger partial charge in [-0.05, 0) is 6.42 Å². The summed E-state index contributed by atoms with van der Waals surface area (Å²) in [7, 11) is 0. The monoisotopic (exact) mass is 177 g/mol. The van der Waals surface area contributed by atoms with Gasteiger partial charge in [0.15, 0.2) is 0 Å². The second kappa shape index (κ2) is 3.12. The summed E-state index contributed by atoms with van der Waals surface area (Å²) < 4.78 is 5.00. The maximum absolute atomic E-state index is 5.00. The first-order valence-electron chi connectivity index (χ1n) is 4.45. The van der Waals surface area contributed by atoms with E-state index in [1.165, 1.54) is 0 Å². The fraction of sp³-hybridized carbons (Fsp3) is 0.444. The standard InChI is InChI=1S/C9H11N3O/c1-3-7-6-5-10-13-9(6)12-8(4-2)11-7/h5H,3-4H2,1-2H3. The summed E-state index contributed by atoms with van der Waals surface area (Å²) in [4.78, 5) is 8.62. The average Bonchev–Trinajstić information content (AvgIpc) is 2.63. The lowest BCUT2D eigenvalue weighted by Crippen LogP contribution is -1.97. The van der Waals surface area contributed by atoms with Crippen LogP contribution in [0.2, 0.25) is 0 Å². The summed E-state index contributed by atoms with van der Waals surface area (Å²) in [6.45, 7) is 4.09. The molecule has 68 valence electrons. The van der Waals surface area contributed by atoms with Crippen molar-refractivity contribution in [2.45, 2.75) is 26.7 Å². The predicted octanol–water partition coefficient (Wildman–Crippen LogP) is 1.74. The lowest BCUT2D eigenvalue weighted by Gasteiger charge is -1.99. The Hall–Kier alpha value is -1.45. The highest BCUT2D eigenvalue weighted by Gasteiger charge is 2.08. The van der Waals surface area contributed by atoms with Crippen LogP contribution in [0.15, 0.2) is 10.7 Å². The Balaban J connectivity index is 2.70. The van der Waals surface area contributed by atoms with E-state index >= 15 is 0 Å². The van der Waals surface area contributed by atoms with Gasteiger partial charge >= 0.3 is 0 Å². The molecule has 0 N–H and O–H groups in total. The highest BCUT2D eigenvalue weighted by molar-refractivity contribution is 5.74. The molecule has 2 aromatic heterocycles. The van der Waals surface area contributed by atoms with Gasteiger partial charge in [0.2, 0.25) is 0 Å². The summed E-state index contributed by atoms with van der Waals surface area (Å²) in [5, 5.41) is 4.64. The molecule has 0 spiro atoms. The number of hydrogen-bond donors (Lipinski definition) is 0. The van der Waals surface area contributed by atoms with Crippen LogP contribution in [0, 0.1) is 0 Å². The molecule has 0 bridgehead atoms. The van der Waals surface area contributed by atoms with Crippen LogP contribution in [0.5, 0.6) is 0 Å². The third kappa shape index (κ3) is 1.28. The summed E-state index contributed by atoms with van der Waals surface area (Å²) in [5.41, 5.74) is 1.62. The molecule has 0 aliphatic rings. The fourth-order valence-electron chi connectivity index (χ4n) is 1.30. The minimum atomic E-state index is 0.601. The molecule has 0 radical (unpaired) electrons. The van der Waals surface area contributed by atoms with Crippen molar-refractivity contribution in [2.24, 2.45) is 0 Å². The van der Waals surface area contributed by atoms with Gasteiger partial charge in [0, 0.05) is 6.42 Å². The van der Waals surface area contributed by atoms with E-state index < -0.39 is 0 Å². The van der Waals surface area contributed by atoms with Crippen LogP contribution in [0.4, 0.5) is 0 Å². The Morgan fingerprint density at radius 3 is 2.77 bits per heavy atom. The summed E-state index contributed by atoms with van der Waals surface area (Å²) >= 11 is 0. The van der Waals surface area contributed by atoms with Gasteiger partial charge < -0.3 is 4.52 Å². The highest BCUT2D eigenvalue weighted by Crippen LogP contribution is 2.15. The number of rotatable bonds is 2. The van der Waals surface area contributed by atoms with E-state index in [9.17, 15) is 0 Å². The first kappa shape index (κ1) is 8.16. The van der Waals surface area contributed by atoms with Gasteiger partial charge in [-0.15, -0.1) is 0 Å². The molecule has 4 heteroatoms. The zero-order valence-electron chi connectivity index (χ0n) is 7.74. The number of fused-ring (bicyclic) bond motifs is 1. The van der Waals surface area contributed by atoms with Crippen LogP contribution in [-0.4, -0.2) is 15.1 Å². The largest absolute Gasteiger partial charge is 0.336 e. The van der Waals surface area contributed by atoms with Crippen LogP contribution < -0.4 is 0 Å². The minimum absolute atomic E-state index is 0.601. The molecule has 2 heterocycles. The van der Waals surface area contributed by atoms with E-state index in [1.807, 2.05) is 6.92 Å². The Morgan fingerprint density at radius 1 is 1.23 bits per heavy atom. The van der Waals surface area contributed by atoms with Crippen molar-refractivity contribution < 1.29 is 4.52 Å². The molecule has 0 aliphatic heterocycles. The van der Waals surface area contributed by atoms with Crippen molar-refractivity contribution in [1.29, 1.82) is 0 Å². The van der Waals surface area contributed by atoms with Gasteiger partial charge in [-0.2, -0.15) is 4.98 Å². The van der Waals surface area contributed by atoms with Crippen LogP contribution in [0.1, 0.15) is 25.4 Å². The second-order valence-electron chi connectivity index (χ2n) is 2.84. The van der Waals surface area contributed by atoms with Gasteiger partial charge in [0.1, 0.15) is 5.82 Å². The summed E-state index contributed by atoms with van der Waals surface area (Å²) in [6.07, 6.45) is 3.38. The van der Waals surface area contributed by atoms with Gasteiger partial charge in [-0.25, -0.2) is 4.98 Å². The smallest absolute Gasteiger partial charge is 0.261 e. The Morgan fingerprint density at radius 2 is 2.08 bits per heavy atom. The van der Waals surface area contributed by atoms with E-state index in [2.05, 4.69) is 22.0 Å². The van der Waals surface area contributed by atoms with E-state index in [4.69, 9.17) is 4.52 Å². The Kier molecular flexibility index (Phi) is 1.96.